The molecule has 0 bridgehead atoms. The largest absolute Gasteiger partial charge is 0.468 e. The number of carbonyl (C=O) groups excluding carboxylic acids is 1. The summed E-state index contributed by atoms with van der Waals surface area (Å²) in [6, 6.07) is 7.36. The van der Waals surface area contributed by atoms with Crippen LogP contribution in [0.1, 0.15) is 5.56 Å². The maximum absolute atomic E-state index is 12.8. The number of nitrogen functional groups attached to an aromatic ring is 1. The Morgan fingerprint density at radius 3 is 2.70 bits per heavy atom. The van der Waals surface area contributed by atoms with Crippen LogP contribution in [0.25, 0.3) is 0 Å². The Bertz CT molecular complexity index is 983. The van der Waals surface area contributed by atoms with E-state index in [1.165, 1.54) is 23.9 Å². The molecule has 3 atom stereocenters. The summed E-state index contributed by atoms with van der Waals surface area (Å²) in [6.45, 7) is 0.168. The number of benzene rings is 1. The Hall–Kier alpha value is -2.72. The number of carbonyl (C=O) groups is 1. The molecule has 0 saturated carbocycles. The second-order valence-corrected chi connectivity index (χ2v) is 8.60. The molecule has 1 unspecified atom stereocenters. The number of methoxy groups -OCH3 is 1. The topological polar surface area (TPSA) is 158 Å². The average molecular weight is 438 g/mol. The summed E-state index contributed by atoms with van der Waals surface area (Å²) in [6.07, 6.45) is 1.06. The van der Waals surface area contributed by atoms with Crippen molar-refractivity contribution in [3.05, 3.63) is 52.6 Å². The molecule has 2 heterocycles. The van der Waals surface area contributed by atoms with Gasteiger partial charge in [0.05, 0.1) is 20.3 Å². The van der Waals surface area contributed by atoms with E-state index < -0.39 is 31.4 Å². The van der Waals surface area contributed by atoms with Gasteiger partial charge in [-0.2, -0.15) is 4.98 Å². The molecule has 0 radical (unpaired) electrons. The molecule has 1 aliphatic heterocycles. The molecule has 30 heavy (non-hydrogen) atoms. The van der Waals surface area contributed by atoms with Crippen molar-refractivity contribution in [2.45, 2.75) is 25.1 Å². The Balaban J connectivity index is 1.53. The SMILES string of the molecule is COC(=O)[C@@H](N)Cc1ccc(OP2(=O)CO[C@@H](Cn3ccc(N)nc3=O)CO2)cc1. The van der Waals surface area contributed by atoms with Gasteiger partial charge in [-0.05, 0) is 30.2 Å². The molecule has 1 aromatic carbocycles. The molecule has 11 nitrogen and oxygen atoms in total. The zero-order chi connectivity index (χ0) is 21.7. The molecule has 4 N–H and O–H groups in total. The van der Waals surface area contributed by atoms with Crippen LogP contribution in [-0.2, 0) is 36.3 Å². The minimum Gasteiger partial charge on any atom is -0.468 e. The normalized spacial score (nSPS) is 22.3. The first-order chi connectivity index (χ1) is 14.3. The second kappa shape index (κ2) is 9.40. The van der Waals surface area contributed by atoms with Crippen LogP contribution in [0.2, 0.25) is 0 Å². The van der Waals surface area contributed by atoms with E-state index >= 15 is 0 Å². The summed E-state index contributed by atoms with van der Waals surface area (Å²) in [5.41, 5.74) is 11.5. The third kappa shape index (κ3) is 5.67. The monoisotopic (exact) mass is 438 g/mol. The summed E-state index contributed by atoms with van der Waals surface area (Å²) in [4.78, 5) is 26.8. The zero-order valence-corrected chi connectivity index (χ0v) is 17.2. The van der Waals surface area contributed by atoms with Gasteiger partial charge < -0.3 is 25.5 Å². The summed E-state index contributed by atoms with van der Waals surface area (Å²) in [5.74, 6) is -0.0397. The van der Waals surface area contributed by atoms with Crippen LogP contribution >= 0.6 is 7.60 Å². The number of hydrogen-bond acceptors (Lipinski definition) is 10. The predicted octanol–water partition coefficient (Wildman–Crippen LogP) is 0.513. The van der Waals surface area contributed by atoms with Gasteiger partial charge in [-0.3, -0.25) is 13.9 Å². The second-order valence-electron chi connectivity index (χ2n) is 6.68. The molecule has 0 aliphatic carbocycles. The van der Waals surface area contributed by atoms with E-state index in [1.807, 2.05) is 0 Å². The molecular formula is C18H23N4O7P. The minimum absolute atomic E-state index is 0.0137. The van der Waals surface area contributed by atoms with Crippen LogP contribution in [0.3, 0.4) is 0 Å². The van der Waals surface area contributed by atoms with Crippen molar-refractivity contribution in [3.63, 3.8) is 0 Å². The number of nitrogens with zero attached hydrogens (tertiary/aromatic N) is 2. The van der Waals surface area contributed by atoms with Gasteiger partial charge in [0.15, 0.2) is 6.35 Å². The van der Waals surface area contributed by atoms with Crippen LogP contribution in [-0.4, -0.2) is 47.7 Å². The number of anilines is 1. The van der Waals surface area contributed by atoms with Crippen molar-refractivity contribution in [3.8, 4) is 5.75 Å². The molecular weight excluding hydrogens is 415 g/mol. The van der Waals surface area contributed by atoms with E-state index in [0.29, 0.717) is 12.2 Å². The van der Waals surface area contributed by atoms with Gasteiger partial charge in [-0.25, -0.2) is 9.36 Å². The predicted molar refractivity (Wildman–Crippen MR) is 107 cm³/mol. The highest BCUT2D eigenvalue weighted by atomic mass is 31.2. The van der Waals surface area contributed by atoms with E-state index in [4.69, 9.17) is 25.3 Å². The lowest BCUT2D eigenvalue weighted by molar-refractivity contribution is -0.142. The number of ether oxygens (including phenoxy) is 2. The van der Waals surface area contributed by atoms with Crippen molar-refractivity contribution in [1.82, 2.24) is 9.55 Å². The molecule has 1 saturated heterocycles. The Labute approximate surface area is 172 Å². The van der Waals surface area contributed by atoms with E-state index in [9.17, 15) is 14.2 Å². The van der Waals surface area contributed by atoms with Crippen molar-refractivity contribution in [1.29, 1.82) is 0 Å². The molecule has 0 spiro atoms. The summed E-state index contributed by atoms with van der Waals surface area (Å²) in [5, 5.41) is 0. The standard InChI is InChI=1S/C18H23N4O7P/c1-26-17(23)15(19)8-12-2-4-13(5-3-12)29-30(25)11-27-14(10-28-30)9-22-7-6-16(20)21-18(22)24/h2-7,14-15H,8-11,19H2,1H3,(H2,20,21,24)/t14-,15-,30?/m0/s1. The molecule has 0 amide bonds. The first-order valence-corrected chi connectivity index (χ1v) is 10.8. The highest BCUT2D eigenvalue weighted by molar-refractivity contribution is 7.54. The highest BCUT2D eigenvalue weighted by Gasteiger charge is 2.34. The van der Waals surface area contributed by atoms with Gasteiger partial charge in [-0.15, -0.1) is 0 Å². The fraction of sp³-hybridized carbons (Fsp3) is 0.389. The van der Waals surface area contributed by atoms with Gasteiger partial charge >= 0.3 is 19.3 Å². The van der Waals surface area contributed by atoms with Crippen LogP contribution < -0.4 is 21.7 Å². The van der Waals surface area contributed by atoms with Crippen LogP contribution in [0.5, 0.6) is 5.75 Å². The fourth-order valence-corrected chi connectivity index (χ4v) is 4.18. The summed E-state index contributed by atoms with van der Waals surface area (Å²) < 4.78 is 35.2. The quantitative estimate of drug-likeness (QED) is 0.461. The fourth-order valence-electron chi connectivity index (χ4n) is 2.77. The lowest BCUT2D eigenvalue weighted by Gasteiger charge is -2.29. The third-order valence-corrected chi connectivity index (χ3v) is 5.85. The van der Waals surface area contributed by atoms with Gasteiger partial charge in [0, 0.05) is 6.20 Å². The van der Waals surface area contributed by atoms with Gasteiger partial charge in [0.1, 0.15) is 23.7 Å². The van der Waals surface area contributed by atoms with Gasteiger partial charge in [0.25, 0.3) is 0 Å². The van der Waals surface area contributed by atoms with E-state index in [0.717, 1.165) is 5.56 Å². The smallest absolute Gasteiger partial charge is 0.404 e. The molecule has 162 valence electrons. The minimum atomic E-state index is -3.50. The van der Waals surface area contributed by atoms with Crippen molar-refractivity contribution < 1.29 is 27.9 Å². The van der Waals surface area contributed by atoms with Gasteiger partial charge in [0.2, 0.25) is 0 Å². The van der Waals surface area contributed by atoms with Crippen molar-refractivity contribution >= 4 is 19.4 Å². The summed E-state index contributed by atoms with van der Waals surface area (Å²) in [7, 11) is -2.23. The number of nitrogens with two attached hydrogens (primary N) is 2. The average Bonchev–Trinajstić information content (AvgIpc) is 2.72. The Morgan fingerprint density at radius 1 is 1.37 bits per heavy atom. The van der Waals surface area contributed by atoms with Gasteiger partial charge in [-0.1, -0.05) is 12.1 Å². The van der Waals surface area contributed by atoms with Crippen molar-refractivity contribution in [2.24, 2.45) is 5.73 Å². The van der Waals surface area contributed by atoms with Crippen molar-refractivity contribution in [2.75, 3.05) is 25.8 Å². The molecule has 3 rings (SSSR count). The molecule has 1 aliphatic rings. The first-order valence-electron chi connectivity index (χ1n) is 9.08. The number of esters is 1. The first kappa shape index (κ1) is 22.0. The summed E-state index contributed by atoms with van der Waals surface area (Å²) >= 11 is 0. The molecule has 1 fully saturated rings. The molecule has 2 aromatic rings. The molecule has 1 aromatic heterocycles. The van der Waals surface area contributed by atoms with E-state index in [-0.39, 0.29) is 25.3 Å². The number of hydrogen-bond donors (Lipinski definition) is 2. The van der Waals surface area contributed by atoms with Crippen LogP contribution in [0, 0.1) is 0 Å². The number of rotatable bonds is 7. The zero-order valence-electron chi connectivity index (χ0n) is 16.3. The van der Waals surface area contributed by atoms with Crippen LogP contribution in [0.4, 0.5) is 5.82 Å². The number of aromatic nitrogens is 2. The van der Waals surface area contributed by atoms with Crippen LogP contribution in [0.15, 0.2) is 41.3 Å². The van der Waals surface area contributed by atoms with E-state index in [1.54, 1.807) is 24.3 Å². The Morgan fingerprint density at radius 2 is 2.10 bits per heavy atom. The third-order valence-electron chi connectivity index (χ3n) is 4.35. The maximum atomic E-state index is 12.8. The lowest BCUT2D eigenvalue weighted by atomic mass is 10.1. The maximum Gasteiger partial charge on any atom is 0.404 e. The van der Waals surface area contributed by atoms with E-state index in [2.05, 4.69) is 9.72 Å². The molecule has 12 heteroatoms. The lowest BCUT2D eigenvalue weighted by Crippen LogP contribution is -2.35. The highest BCUT2D eigenvalue weighted by Crippen LogP contribution is 2.50. The Kier molecular flexibility index (Phi) is 6.88.